The molecule has 0 saturated heterocycles. The number of sulfonamides is 2. The third-order valence-electron chi connectivity index (χ3n) is 2.47. The van der Waals surface area contributed by atoms with Crippen molar-refractivity contribution in [1.82, 2.24) is 4.72 Å². The summed E-state index contributed by atoms with van der Waals surface area (Å²) in [7, 11) is -7.54. The number of rotatable bonds is 9. The van der Waals surface area contributed by atoms with Crippen LogP contribution in [-0.4, -0.2) is 36.6 Å². The zero-order valence-corrected chi connectivity index (χ0v) is 13.0. The van der Waals surface area contributed by atoms with Gasteiger partial charge in [0.05, 0.1) is 23.0 Å². The Hall–Kier alpha value is -1.26. The van der Waals surface area contributed by atoms with Crippen LogP contribution in [-0.2, 0) is 24.8 Å². The Labute approximate surface area is 124 Å². The summed E-state index contributed by atoms with van der Waals surface area (Å²) in [6.45, 7) is 4.38. The number of benzene rings is 1. The molecule has 0 unspecified atom stereocenters. The molecule has 0 bridgehead atoms. The second-order valence-electron chi connectivity index (χ2n) is 4.10. The molecule has 0 aliphatic rings. The summed E-state index contributed by atoms with van der Waals surface area (Å²) >= 11 is 0. The van der Waals surface area contributed by atoms with Gasteiger partial charge < -0.3 is 4.74 Å². The first kappa shape index (κ1) is 17.8. The maximum Gasteiger partial charge on any atom is 0.240 e. The van der Waals surface area contributed by atoms with Gasteiger partial charge in [-0.3, -0.25) is 0 Å². The van der Waals surface area contributed by atoms with Crippen LogP contribution in [0.25, 0.3) is 0 Å². The fourth-order valence-corrected chi connectivity index (χ4v) is 2.94. The number of hydrogen-bond donors (Lipinski definition) is 2. The SMILES string of the molecule is C=CCCOCCNS(=O)(=O)c1ccc(S(N)(=O)=O)cc1. The lowest BCUT2D eigenvalue weighted by atomic mass is 10.4. The molecule has 0 fully saturated rings. The summed E-state index contributed by atoms with van der Waals surface area (Å²) in [5.74, 6) is 0. The Morgan fingerprint density at radius 2 is 1.67 bits per heavy atom. The molecule has 0 saturated carbocycles. The van der Waals surface area contributed by atoms with Crippen molar-refractivity contribution in [2.75, 3.05) is 19.8 Å². The highest BCUT2D eigenvalue weighted by atomic mass is 32.2. The number of nitrogens with one attached hydrogen (secondary N) is 1. The van der Waals surface area contributed by atoms with Crippen LogP contribution in [0.3, 0.4) is 0 Å². The first-order valence-electron chi connectivity index (χ1n) is 6.08. The lowest BCUT2D eigenvalue weighted by Gasteiger charge is -2.07. The molecule has 118 valence electrons. The minimum atomic E-state index is -3.84. The van der Waals surface area contributed by atoms with E-state index in [9.17, 15) is 16.8 Å². The normalized spacial score (nSPS) is 12.2. The number of nitrogens with two attached hydrogens (primary N) is 1. The molecule has 1 aromatic rings. The highest BCUT2D eigenvalue weighted by molar-refractivity contribution is 7.89. The Morgan fingerprint density at radius 3 is 2.19 bits per heavy atom. The maximum atomic E-state index is 11.9. The van der Waals surface area contributed by atoms with Crippen LogP contribution in [0, 0.1) is 0 Å². The summed E-state index contributed by atoms with van der Waals surface area (Å²) in [5.41, 5.74) is 0. The van der Waals surface area contributed by atoms with Gasteiger partial charge in [0.25, 0.3) is 0 Å². The van der Waals surface area contributed by atoms with E-state index in [0.29, 0.717) is 13.0 Å². The first-order valence-corrected chi connectivity index (χ1v) is 9.11. The summed E-state index contributed by atoms with van der Waals surface area (Å²) in [5, 5.41) is 4.94. The molecule has 7 nitrogen and oxygen atoms in total. The van der Waals surface area contributed by atoms with Gasteiger partial charge in [-0.15, -0.1) is 6.58 Å². The van der Waals surface area contributed by atoms with Gasteiger partial charge in [0, 0.05) is 6.54 Å². The predicted octanol–water partition coefficient (Wildman–Crippen LogP) is 0.205. The second-order valence-corrected chi connectivity index (χ2v) is 7.43. The van der Waals surface area contributed by atoms with Gasteiger partial charge in [0.1, 0.15) is 0 Å². The monoisotopic (exact) mass is 334 g/mol. The van der Waals surface area contributed by atoms with Crippen molar-refractivity contribution in [3.05, 3.63) is 36.9 Å². The molecular weight excluding hydrogens is 316 g/mol. The zero-order chi connectivity index (χ0) is 15.9. The van der Waals surface area contributed by atoms with Crippen LogP contribution in [0.2, 0.25) is 0 Å². The molecule has 21 heavy (non-hydrogen) atoms. The van der Waals surface area contributed by atoms with E-state index in [0.717, 1.165) is 12.1 Å². The maximum absolute atomic E-state index is 11.9. The Balaban J connectivity index is 2.60. The average Bonchev–Trinajstić information content (AvgIpc) is 2.42. The minimum absolute atomic E-state index is 0.0407. The third kappa shape index (κ3) is 5.94. The number of primary sulfonamides is 1. The predicted molar refractivity (Wildman–Crippen MR) is 78.6 cm³/mol. The molecule has 0 aliphatic carbocycles. The topological polar surface area (TPSA) is 116 Å². The van der Waals surface area contributed by atoms with E-state index in [-0.39, 0.29) is 22.9 Å². The smallest absolute Gasteiger partial charge is 0.240 e. The molecule has 0 amide bonds. The van der Waals surface area contributed by atoms with Gasteiger partial charge in [-0.25, -0.2) is 26.7 Å². The van der Waals surface area contributed by atoms with Crippen LogP contribution >= 0.6 is 0 Å². The summed E-state index contributed by atoms with van der Waals surface area (Å²) in [6.07, 6.45) is 2.40. The van der Waals surface area contributed by atoms with Crippen molar-refractivity contribution in [3.8, 4) is 0 Å². The summed E-state index contributed by atoms with van der Waals surface area (Å²) in [4.78, 5) is -0.185. The minimum Gasteiger partial charge on any atom is -0.380 e. The van der Waals surface area contributed by atoms with Crippen molar-refractivity contribution in [3.63, 3.8) is 0 Å². The van der Waals surface area contributed by atoms with E-state index < -0.39 is 20.0 Å². The van der Waals surface area contributed by atoms with E-state index in [4.69, 9.17) is 9.88 Å². The molecule has 3 N–H and O–H groups in total. The molecule has 0 aliphatic heterocycles. The van der Waals surface area contributed by atoms with Gasteiger partial charge in [-0.2, -0.15) is 0 Å². The van der Waals surface area contributed by atoms with Gasteiger partial charge in [-0.1, -0.05) is 6.08 Å². The van der Waals surface area contributed by atoms with Crippen molar-refractivity contribution in [2.24, 2.45) is 5.14 Å². The Bertz CT molecular complexity index is 666. The van der Waals surface area contributed by atoms with E-state index in [1.54, 1.807) is 6.08 Å². The van der Waals surface area contributed by atoms with Gasteiger partial charge in [-0.05, 0) is 30.7 Å². The first-order chi connectivity index (χ1) is 9.77. The lowest BCUT2D eigenvalue weighted by Crippen LogP contribution is -2.27. The molecule has 0 radical (unpaired) electrons. The fourth-order valence-electron chi connectivity index (χ4n) is 1.41. The lowest BCUT2D eigenvalue weighted by molar-refractivity contribution is 0.144. The standard InChI is InChI=1S/C12H18N2O5S2/c1-2-3-9-19-10-8-14-21(17,18)12-6-4-11(5-7-12)20(13,15)16/h2,4-7,14H,1,3,8-10H2,(H2,13,15,16). The Morgan fingerprint density at radius 1 is 1.10 bits per heavy atom. The highest BCUT2D eigenvalue weighted by Gasteiger charge is 2.15. The van der Waals surface area contributed by atoms with Crippen LogP contribution in [0.5, 0.6) is 0 Å². The second kappa shape index (κ2) is 7.66. The van der Waals surface area contributed by atoms with E-state index in [1.807, 2.05) is 0 Å². The molecule has 1 rings (SSSR count). The molecule has 9 heteroatoms. The average molecular weight is 334 g/mol. The summed E-state index contributed by atoms with van der Waals surface area (Å²) < 4.78 is 53.5. The fraction of sp³-hybridized carbons (Fsp3) is 0.333. The molecule has 0 atom stereocenters. The van der Waals surface area contributed by atoms with Crippen LogP contribution in [0.1, 0.15) is 6.42 Å². The van der Waals surface area contributed by atoms with Crippen molar-refractivity contribution in [1.29, 1.82) is 0 Å². The van der Waals surface area contributed by atoms with E-state index in [1.165, 1.54) is 12.1 Å². The quantitative estimate of drug-likeness (QED) is 0.494. The molecule has 1 aromatic carbocycles. The molecule has 0 aromatic heterocycles. The molecule has 0 spiro atoms. The van der Waals surface area contributed by atoms with E-state index >= 15 is 0 Å². The largest absolute Gasteiger partial charge is 0.380 e. The van der Waals surface area contributed by atoms with E-state index in [2.05, 4.69) is 11.3 Å². The zero-order valence-electron chi connectivity index (χ0n) is 11.4. The third-order valence-corrected chi connectivity index (χ3v) is 4.87. The van der Waals surface area contributed by atoms with Crippen molar-refractivity contribution in [2.45, 2.75) is 16.2 Å². The van der Waals surface area contributed by atoms with Gasteiger partial charge in [0.15, 0.2) is 0 Å². The van der Waals surface area contributed by atoms with Crippen molar-refractivity contribution >= 4 is 20.0 Å². The highest BCUT2D eigenvalue weighted by Crippen LogP contribution is 2.12. The number of hydrogen-bond acceptors (Lipinski definition) is 5. The van der Waals surface area contributed by atoms with Crippen LogP contribution in [0.15, 0.2) is 46.7 Å². The van der Waals surface area contributed by atoms with Crippen LogP contribution in [0.4, 0.5) is 0 Å². The van der Waals surface area contributed by atoms with Gasteiger partial charge in [0.2, 0.25) is 20.0 Å². The Kier molecular flexibility index (Phi) is 6.49. The summed E-state index contributed by atoms with van der Waals surface area (Å²) in [6, 6.07) is 4.65. The van der Waals surface area contributed by atoms with Crippen LogP contribution < -0.4 is 9.86 Å². The molecular formula is C12H18N2O5S2. The molecule has 0 heterocycles. The number of ether oxygens (including phenoxy) is 1. The van der Waals surface area contributed by atoms with Crippen molar-refractivity contribution < 1.29 is 21.6 Å². The van der Waals surface area contributed by atoms with Gasteiger partial charge >= 0.3 is 0 Å².